The van der Waals surface area contributed by atoms with Gasteiger partial charge in [0, 0.05) is 11.9 Å². The molecule has 0 spiro atoms. The predicted octanol–water partition coefficient (Wildman–Crippen LogP) is 4.16. The Bertz CT molecular complexity index is 687. The molecule has 3 rings (SSSR count). The third-order valence-corrected chi connectivity index (χ3v) is 3.20. The van der Waals surface area contributed by atoms with Gasteiger partial charge in [0.25, 0.3) is 0 Å². The van der Waals surface area contributed by atoms with Crippen LogP contribution in [-0.4, -0.2) is 4.98 Å². The zero-order chi connectivity index (χ0) is 13.1. The first kappa shape index (κ1) is 11.7. The van der Waals surface area contributed by atoms with E-state index in [1.807, 2.05) is 13.1 Å². The highest BCUT2D eigenvalue weighted by atomic mass is 14.9. The van der Waals surface area contributed by atoms with Crippen LogP contribution >= 0.6 is 0 Å². The van der Waals surface area contributed by atoms with Crippen LogP contribution < -0.4 is 5.32 Å². The zero-order valence-corrected chi connectivity index (χ0v) is 10.9. The minimum Gasteiger partial charge on any atom is -0.379 e. The summed E-state index contributed by atoms with van der Waals surface area (Å²) in [6.07, 6.45) is 1.90. The molecular formula is C17H16N2. The van der Waals surface area contributed by atoms with Crippen LogP contribution in [0.1, 0.15) is 11.3 Å². The highest BCUT2D eigenvalue weighted by Crippen LogP contribution is 2.19. The number of hydrogen-bond donors (Lipinski definition) is 1. The smallest absolute Gasteiger partial charge is 0.0594 e. The van der Waals surface area contributed by atoms with E-state index in [1.165, 1.54) is 16.3 Å². The Morgan fingerprint density at radius 1 is 0.947 bits per heavy atom. The van der Waals surface area contributed by atoms with Crippen molar-refractivity contribution in [3.8, 4) is 0 Å². The van der Waals surface area contributed by atoms with Crippen molar-refractivity contribution in [2.75, 3.05) is 5.32 Å². The second kappa shape index (κ2) is 5.11. The van der Waals surface area contributed by atoms with Crippen LogP contribution in [0.15, 0.2) is 60.8 Å². The summed E-state index contributed by atoms with van der Waals surface area (Å²) in [5.41, 5.74) is 3.37. The molecule has 0 fully saturated rings. The van der Waals surface area contributed by atoms with E-state index in [0.29, 0.717) is 0 Å². The van der Waals surface area contributed by atoms with Crippen molar-refractivity contribution in [2.24, 2.45) is 0 Å². The molecule has 0 unspecified atom stereocenters. The summed E-state index contributed by atoms with van der Waals surface area (Å²) in [5.74, 6) is 0. The maximum atomic E-state index is 4.39. The minimum absolute atomic E-state index is 0.749. The van der Waals surface area contributed by atoms with Gasteiger partial charge >= 0.3 is 0 Å². The fourth-order valence-corrected chi connectivity index (χ4v) is 2.09. The minimum atomic E-state index is 0.749. The molecule has 0 amide bonds. The number of aromatic nitrogens is 1. The second-order valence-corrected chi connectivity index (χ2v) is 4.74. The average Bonchev–Trinajstić information content (AvgIpc) is 2.46. The predicted molar refractivity (Wildman–Crippen MR) is 80.2 cm³/mol. The van der Waals surface area contributed by atoms with Crippen molar-refractivity contribution in [1.29, 1.82) is 0 Å². The van der Waals surface area contributed by atoms with Gasteiger partial charge in [-0.05, 0) is 41.5 Å². The summed E-state index contributed by atoms with van der Waals surface area (Å²) in [5, 5.41) is 5.93. The number of fused-ring (bicyclic) bond motifs is 1. The highest BCUT2D eigenvalue weighted by molar-refractivity contribution is 5.85. The quantitative estimate of drug-likeness (QED) is 0.753. The first-order valence-electron chi connectivity index (χ1n) is 6.45. The van der Waals surface area contributed by atoms with E-state index in [0.717, 1.165) is 17.9 Å². The number of pyridine rings is 1. The number of benzene rings is 2. The third-order valence-electron chi connectivity index (χ3n) is 3.20. The Morgan fingerprint density at radius 3 is 2.58 bits per heavy atom. The molecule has 2 heteroatoms. The molecule has 0 aliphatic rings. The number of hydrogen-bond acceptors (Lipinski definition) is 2. The van der Waals surface area contributed by atoms with Gasteiger partial charge in [0.2, 0.25) is 0 Å². The Balaban J connectivity index is 1.76. The Kier molecular flexibility index (Phi) is 3.15. The lowest BCUT2D eigenvalue weighted by atomic mass is 10.1. The fourth-order valence-electron chi connectivity index (χ4n) is 2.09. The van der Waals surface area contributed by atoms with E-state index < -0.39 is 0 Å². The lowest BCUT2D eigenvalue weighted by Gasteiger charge is -2.07. The zero-order valence-electron chi connectivity index (χ0n) is 10.9. The molecule has 3 aromatic rings. The Labute approximate surface area is 113 Å². The molecule has 0 aliphatic carbocycles. The molecule has 0 saturated heterocycles. The van der Waals surface area contributed by atoms with Crippen molar-refractivity contribution >= 4 is 16.5 Å². The molecule has 2 aromatic carbocycles. The van der Waals surface area contributed by atoms with Crippen molar-refractivity contribution < 1.29 is 0 Å². The van der Waals surface area contributed by atoms with Gasteiger partial charge in [-0.1, -0.05) is 36.4 Å². The van der Waals surface area contributed by atoms with E-state index in [1.54, 1.807) is 0 Å². The van der Waals surface area contributed by atoms with Crippen LogP contribution in [0.3, 0.4) is 0 Å². The highest BCUT2D eigenvalue weighted by Gasteiger charge is 1.97. The largest absolute Gasteiger partial charge is 0.379 e. The van der Waals surface area contributed by atoms with E-state index in [2.05, 4.69) is 64.9 Å². The molecule has 0 radical (unpaired) electrons. The van der Waals surface area contributed by atoms with Crippen LogP contribution in [0, 0.1) is 6.92 Å². The summed E-state index contributed by atoms with van der Waals surface area (Å²) in [6, 6.07) is 18.9. The first-order chi connectivity index (χ1) is 9.31. The molecule has 0 aliphatic heterocycles. The normalized spacial score (nSPS) is 10.6. The monoisotopic (exact) mass is 248 g/mol. The van der Waals surface area contributed by atoms with Gasteiger partial charge in [-0.2, -0.15) is 0 Å². The molecular weight excluding hydrogens is 232 g/mol. The third kappa shape index (κ3) is 2.74. The van der Waals surface area contributed by atoms with E-state index in [9.17, 15) is 0 Å². The number of nitrogens with zero attached hydrogens (tertiary/aromatic N) is 1. The molecule has 1 N–H and O–H groups in total. The van der Waals surface area contributed by atoms with E-state index in [-0.39, 0.29) is 0 Å². The number of aryl methyl sites for hydroxylation is 1. The molecule has 1 aromatic heterocycles. The lowest BCUT2D eigenvalue weighted by molar-refractivity contribution is 1.04. The van der Waals surface area contributed by atoms with Gasteiger partial charge < -0.3 is 5.32 Å². The van der Waals surface area contributed by atoms with Gasteiger partial charge in [0.05, 0.1) is 12.2 Å². The lowest BCUT2D eigenvalue weighted by Crippen LogP contribution is -2.01. The van der Waals surface area contributed by atoms with E-state index >= 15 is 0 Å². The van der Waals surface area contributed by atoms with Crippen molar-refractivity contribution in [2.45, 2.75) is 13.5 Å². The van der Waals surface area contributed by atoms with E-state index in [4.69, 9.17) is 0 Å². The topological polar surface area (TPSA) is 24.9 Å². The van der Waals surface area contributed by atoms with Crippen LogP contribution in [0.25, 0.3) is 10.8 Å². The standard InChI is InChI=1S/C17H16N2/c1-13-6-8-17(18-11-13)12-19-16-9-7-14-4-2-3-5-15(14)10-16/h2-11,19H,12H2,1H3. The van der Waals surface area contributed by atoms with Crippen LogP contribution in [0.4, 0.5) is 5.69 Å². The summed E-state index contributed by atoms with van der Waals surface area (Å²) >= 11 is 0. The molecule has 0 bridgehead atoms. The Hall–Kier alpha value is -2.35. The maximum Gasteiger partial charge on any atom is 0.0594 e. The van der Waals surface area contributed by atoms with Crippen molar-refractivity contribution in [3.63, 3.8) is 0 Å². The number of rotatable bonds is 3. The molecule has 0 saturated carbocycles. The van der Waals surface area contributed by atoms with Gasteiger partial charge in [0.15, 0.2) is 0 Å². The first-order valence-corrected chi connectivity index (χ1v) is 6.45. The van der Waals surface area contributed by atoms with Gasteiger partial charge in [-0.3, -0.25) is 4.98 Å². The Morgan fingerprint density at radius 2 is 1.79 bits per heavy atom. The van der Waals surface area contributed by atoms with Crippen LogP contribution in [-0.2, 0) is 6.54 Å². The molecule has 19 heavy (non-hydrogen) atoms. The molecule has 0 atom stereocenters. The SMILES string of the molecule is Cc1ccc(CNc2ccc3ccccc3c2)nc1. The maximum absolute atomic E-state index is 4.39. The van der Waals surface area contributed by atoms with Gasteiger partial charge in [-0.25, -0.2) is 0 Å². The van der Waals surface area contributed by atoms with Gasteiger partial charge in [-0.15, -0.1) is 0 Å². The van der Waals surface area contributed by atoms with Crippen molar-refractivity contribution in [1.82, 2.24) is 4.98 Å². The van der Waals surface area contributed by atoms with Crippen molar-refractivity contribution in [3.05, 3.63) is 72.1 Å². The second-order valence-electron chi connectivity index (χ2n) is 4.74. The number of nitrogens with one attached hydrogen (secondary N) is 1. The average molecular weight is 248 g/mol. The van der Waals surface area contributed by atoms with Gasteiger partial charge in [0.1, 0.15) is 0 Å². The molecule has 1 heterocycles. The molecule has 94 valence electrons. The summed E-state index contributed by atoms with van der Waals surface area (Å²) in [4.78, 5) is 4.39. The summed E-state index contributed by atoms with van der Waals surface area (Å²) < 4.78 is 0. The summed E-state index contributed by atoms with van der Waals surface area (Å²) in [6.45, 7) is 2.80. The van der Waals surface area contributed by atoms with Crippen LogP contribution in [0.5, 0.6) is 0 Å². The summed E-state index contributed by atoms with van der Waals surface area (Å²) in [7, 11) is 0. The molecule has 2 nitrogen and oxygen atoms in total. The number of anilines is 1. The fraction of sp³-hybridized carbons (Fsp3) is 0.118. The van der Waals surface area contributed by atoms with Crippen LogP contribution in [0.2, 0.25) is 0 Å².